The maximum Gasteiger partial charge on any atom is 0.227 e. The molecule has 0 bridgehead atoms. The molecule has 0 unspecified atom stereocenters. The zero-order valence-electron chi connectivity index (χ0n) is 23.8. The summed E-state index contributed by atoms with van der Waals surface area (Å²) >= 11 is 0. The number of ether oxygens (including phenoxy) is 2. The van der Waals surface area contributed by atoms with Crippen LogP contribution in [0.25, 0.3) is 56.2 Å². The van der Waals surface area contributed by atoms with Gasteiger partial charge in [0, 0.05) is 17.2 Å². The summed E-state index contributed by atoms with van der Waals surface area (Å²) in [7, 11) is 0. The molecule has 0 spiro atoms. The number of nitrogens with zero attached hydrogens (tertiary/aromatic N) is 2. The molecule has 2 aromatic heterocycles. The average molecular weight is 589 g/mol. The van der Waals surface area contributed by atoms with Crippen LogP contribution in [0.3, 0.4) is 0 Å². The van der Waals surface area contributed by atoms with Crippen molar-refractivity contribution in [2.75, 3.05) is 0 Å². The third-order valence-electron chi connectivity index (χ3n) is 7.34. The summed E-state index contributed by atoms with van der Waals surface area (Å²) in [4.78, 5) is 9.38. The fourth-order valence-electron chi connectivity index (χ4n) is 5.09. The molecule has 7 nitrogen and oxygen atoms in total. The van der Waals surface area contributed by atoms with Crippen molar-refractivity contribution in [2.45, 2.75) is 0 Å². The number of rotatable bonds is 7. The van der Waals surface area contributed by atoms with Crippen LogP contribution in [0.15, 0.2) is 148 Å². The lowest BCUT2D eigenvalue weighted by molar-refractivity contribution is 0.455. The summed E-state index contributed by atoms with van der Waals surface area (Å²) < 4.78 is 24.1. The Morgan fingerprint density at radius 2 is 0.889 bits per heavy atom. The second-order valence-corrected chi connectivity index (χ2v) is 10.5. The molecule has 7 heteroatoms. The third kappa shape index (κ3) is 5.46. The Hall–Kier alpha value is -6.34. The van der Waals surface area contributed by atoms with Crippen molar-refractivity contribution in [3.05, 3.63) is 140 Å². The van der Waals surface area contributed by atoms with E-state index in [4.69, 9.17) is 23.3 Å². The Balaban J connectivity index is 1.01. The summed E-state index contributed by atoms with van der Waals surface area (Å²) in [6.45, 7) is 0. The van der Waals surface area contributed by atoms with Crippen LogP contribution in [-0.2, 0) is 0 Å². The molecule has 45 heavy (non-hydrogen) atoms. The molecule has 1 N–H and O–H groups in total. The van der Waals surface area contributed by atoms with E-state index < -0.39 is 0 Å². The lowest BCUT2D eigenvalue weighted by Gasteiger charge is -2.06. The maximum atomic E-state index is 9.67. The van der Waals surface area contributed by atoms with E-state index in [1.807, 2.05) is 115 Å². The number of benzene rings is 6. The van der Waals surface area contributed by atoms with Gasteiger partial charge < -0.3 is 23.4 Å². The van der Waals surface area contributed by atoms with Crippen molar-refractivity contribution in [1.29, 1.82) is 0 Å². The topological polar surface area (TPSA) is 90.8 Å². The Labute approximate surface area is 257 Å². The van der Waals surface area contributed by atoms with Gasteiger partial charge in [-0.05, 0) is 108 Å². The van der Waals surface area contributed by atoms with Crippen LogP contribution >= 0.6 is 0 Å². The normalized spacial score (nSPS) is 11.2. The molecule has 8 rings (SSSR count). The van der Waals surface area contributed by atoms with E-state index in [2.05, 4.69) is 4.98 Å². The highest BCUT2D eigenvalue weighted by atomic mass is 16.5. The molecule has 2 heterocycles. The standard InChI is InChI=1S/C38H24N2O5/c41-28-5-4-8-32(23-28)43-31-17-11-25(12-18-31)38-40-34-20-14-27(22-36(34)45-38)26-13-19-33-35(21-26)44-37(39-33)24-9-15-30(16-10-24)42-29-6-2-1-3-7-29/h1-23,41H. The summed E-state index contributed by atoms with van der Waals surface area (Å²) in [6.07, 6.45) is 0. The van der Waals surface area contributed by atoms with Crippen LogP contribution in [0.4, 0.5) is 0 Å². The first-order valence-electron chi connectivity index (χ1n) is 14.4. The van der Waals surface area contributed by atoms with E-state index in [9.17, 15) is 5.11 Å². The Bertz CT molecular complexity index is 2270. The highest BCUT2D eigenvalue weighted by Gasteiger charge is 2.13. The Morgan fingerprint density at radius 3 is 1.42 bits per heavy atom. The number of phenolic OH excluding ortho intramolecular Hbond substituents is 1. The molecule has 0 radical (unpaired) electrons. The lowest BCUT2D eigenvalue weighted by atomic mass is 10.1. The summed E-state index contributed by atoms with van der Waals surface area (Å²) in [6, 6.07) is 43.4. The van der Waals surface area contributed by atoms with Gasteiger partial charge in [0.1, 0.15) is 39.8 Å². The molecule has 216 valence electrons. The zero-order chi connectivity index (χ0) is 30.2. The SMILES string of the molecule is Oc1cccc(Oc2ccc(-c3nc4ccc(-c5ccc6nc(-c7ccc(Oc8ccccc8)cc7)oc6c5)cc4o3)cc2)c1. The average Bonchev–Trinajstić information content (AvgIpc) is 3.70. The van der Waals surface area contributed by atoms with Crippen molar-refractivity contribution in [1.82, 2.24) is 9.97 Å². The van der Waals surface area contributed by atoms with Crippen LogP contribution in [0.1, 0.15) is 0 Å². The molecular formula is C38H24N2O5. The lowest BCUT2D eigenvalue weighted by Crippen LogP contribution is -1.84. The van der Waals surface area contributed by atoms with Crippen molar-refractivity contribution >= 4 is 22.2 Å². The van der Waals surface area contributed by atoms with E-state index >= 15 is 0 Å². The molecular weight excluding hydrogens is 564 g/mol. The Kier molecular flexibility index (Phi) is 6.46. The minimum absolute atomic E-state index is 0.150. The molecule has 0 amide bonds. The quantitative estimate of drug-likeness (QED) is 0.198. The minimum atomic E-state index is 0.150. The summed E-state index contributed by atoms with van der Waals surface area (Å²) in [5.41, 5.74) is 6.55. The molecule has 0 saturated heterocycles. The Morgan fingerprint density at radius 1 is 0.422 bits per heavy atom. The minimum Gasteiger partial charge on any atom is -0.508 e. The number of aromatic hydroxyl groups is 1. The molecule has 8 aromatic rings. The molecule has 6 aromatic carbocycles. The highest BCUT2D eigenvalue weighted by molar-refractivity contribution is 5.86. The first kappa shape index (κ1) is 26.3. The van der Waals surface area contributed by atoms with E-state index in [-0.39, 0.29) is 5.75 Å². The van der Waals surface area contributed by atoms with Crippen LogP contribution < -0.4 is 9.47 Å². The monoisotopic (exact) mass is 588 g/mol. The zero-order valence-corrected chi connectivity index (χ0v) is 23.8. The molecule has 0 saturated carbocycles. The number of phenols is 1. The second-order valence-electron chi connectivity index (χ2n) is 10.5. The van der Waals surface area contributed by atoms with E-state index in [1.54, 1.807) is 24.3 Å². The summed E-state index contributed by atoms with van der Waals surface area (Å²) in [5, 5.41) is 9.67. The van der Waals surface area contributed by atoms with Crippen LogP contribution in [0, 0.1) is 0 Å². The fraction of sp³-hybridized carbons (Fsp3) is 0. The van der Waals surface area contributed by atoms with Crippen LogP contribution in [-0.4, -0.2) is 15.1 Å². The third-order valence-corrected chi connectivity index (χ3v) is 7.34. The van der Waals surface area contributed by atoms with Gasteiger partial charge in [0.05, 0.1) is 0 Å². The van der Waals surface area contributed by atoms with Gasteiger partial charge in [0.25, 0.3) is 0 Å². The van der Waals surface area contributed by atoms with Gasteiger partial charge in [0.15, 0.2) is 11.2 Å². The number of oxazole rings is 2. The van der Waals surface area contributed by atoms with Gasteiger partial charge in [-0.2, -0.15) is 0 Å². The first-order valence-corrected chi connectivity index (χ1v) is 14.4. The summed E-state index contributed by atoms with van der Waals surface area (Å²) in [5.74, 6) is 3.93. The predicted octanol–water partition coefficient (Wildman–Crippen LogP) is 10.3. The number of fused-ring (bicyclic) bond motifs is 2. The molecule has 0 atom stereocenters. The number of aromatic nitrogens is 2. The van der Waals surface area contributed by atoms with Gasteiger partial charge >= 0.3 is 0 Å². The van der Waals surface area contributed by atoms with E-state index in [1.165, 1.54) is 0 Å². The molecule has 0 aliphatic carbocycles. The van der Waals surface area contributed by atoms with Crippen LogP contribution in [0.2, 0.25) is 0 Å². The molecule has 0 aliphatic heterocycles. The van der Waals surface area contributed by atoms with Crippen molar-refractivity contribution in [2.24, 2.45) is 0 Å². The highest BCUT2D eigenvalue weighted by Crippen LogP contribution is 2.33. The largest absolute Gasteiger partial charge is 0.508 e. The van der Waals surface area contributed by atoms with Gasteiger partial charge in [-0.1, -0.05) is 36.4 Å². The van der Waals surface area contributed by atoms with Gasteiger partial charge in [0.2, 0.25) is 11.8 Å². The number of hydrogen-bond acceptors (Lipinski definition) is 7. The van der Waals surface area contributed by atoms with E-state index in [0.717, 1.165) is 44.8 Å². The molecule has 0 fully saturated rings. The maximum absolute atomic E-state index is 9.67. The second kappa shape index (κ2) is 11.1. The molecule has 0 aliphatic rings. The smallest absolute Gasteiger partial charge is 0.227 e. The predicted molar refractivity (Wildman–Crippen MR) is 173 cm³/mol. The number of hydrogen-bond donors (Lipinski definition) is 1. The van der Waals surface area contributed by atoms with Crippen molar-refractivity contribution < 1.29 is 23.4 Å². The number of para-hydroxylation sites is 1. The van der Waals surface area contributed by atoms with E-state index in [0.29, 0.717) is 34.4 Å². The van der Waals surface area contributed by atoms with Crippen molar-refractivity contribution in [3.63, 3.8) is 0 Å². The van der Waals surface area contributed by atoms with Gasteiger partial charge in [-0.3, -0.25) is 0 Å². The van der Waals surface area contributed by atoms with Crippen molar-refractivity contribution in [3.8, 4) is 62.8 Å². The van der Waals surface area contributed by atoms with Crippen LogP contribution in [0.5, 0.6) is 28.7 Å². The van der Waals surface area contributed by atoms with Gasteiger partial charge in [-0.25, -0.2) is 9.97 Å². The first-order chi connectivity index (χ1) is 22.1. The van der Waals surface area contributed by atoms with Gasteiger partial charge in [-0.15, -0.1) is 0 Å². The fourth-order valence-corrected chi connectivity index (χ4v) is 5.09.